The van der Waals surface area contributed by atoms with Crippen molar-refractivity contribution >= 4 is 22.4 Å². The molecule has 0 aliphatic heterocycles. The Labute approximate surface area is 140 Å². The average Bonchev–Trinajstić information content (AvgIpc) is 2.96. The minimum absolute atomic E-state index is 0.198. The van der Waals surface area contributed by atoms with E-state index in [-0.39, 0.29) is 11.3 Å². The van der Waals surface area contributed by atoms with Crippen molar-refractivity contribution < 1.29 is 22.7 Å². The van der Waals surface area contributed by atoms with Crippen molar-refractivity contribution in [2.24, 2.45) is 0 Å². The predicted octanol–water partition coefficient (Wildman–Crippen LogP) is 4.59. The molecular formula is C15H16F3N3O2S. The number of amides is 1. The molecule has 1 aromatic heterocycles. The molecule has 2 aromatic rings. The molecule has 0 saturated heterocycles. The molecule has 2 rings (SSSR count). The van der Waals surface area contributed by atoms with Gasteiger partial charge in [-0.2, -0.15) is 0 Å². The van der Waals surface area contributed by atoms with Crippen LogP contribution in [0.3, 0.4) is 0 Å². The summed E-state index contributed by atoms with van der Waals surface area (Å²) in [7, 11) is 0. The van der Waals surface area contributed by atoms with Gasteiger partial charge in [0.05, 0.1) is 0 Å². The molecule has 0 aliphatic carbocycles. The lowest BCUT2D eigenvalue weighted by atomic mass is 10.1. The zero-order chi connectivity index (χ0) is 17.7. The molecule has 1 N–H and O–H groups in total. The molecule has 0 radical (unpaired) electrons. The van der Waals surface area contributed by atoms with Gasteiger partial charge in [0, 0.05) is 11.5 Å². The molecule has 1 aromatic carbocycles. The summed E-state index contributed by atoms with van der Waals surface area (Å²) in [5.41, 5.74) is 0.198. The first-order chi connectivity index (χ1) is 11.3. The molecule has 130 valence electrons. The molecule has 0 spiro atoms. The van der Waals surface area contributed by atoms with E-state index in [1.807, 2.05) is 0 Å². The summed E-state index contributed by atoms with van der Waals surface area (Å²) in [6.45, 7) is 4.11. The zero-order valence-corrected chi connectivity index (χ0v) is 13.9. The number of nitrogens with zero attached hydrogens (tertiary/aromatic N) is 2. The van der Waals surface area contributed by atoms with Crippen molar-refractivity contribution in [1.82, 2.24) is 10.2 Å². The summed E-state index contributed by atoms with van der Waals surface area (Å²) >= 11 is 1.30. The Morgan fingerprint density at radius 3 is 2.38 bits per heavy atom. The topological polar surface area (TPSA) is 64.1 Å². The molecular weight excluding hydrogens is 343 g/mol. The minimum Gasteiger partial charge on any atom is -0.406 e. The Kier molecular flexibility index (Phi) is 5.76. The molecule has 0 bridgehead atoms. The quantitative estimate of drug-likeness (QED) is 0.819. The number of rotatable bonds is 6. The van der Waals surface area contributed by atoms with Crippen LogP contribution in [0.1, 0.15) is 48.0 Å². The summed E-state index contributed by atoms with van der Waals surface area (Å²) < 4.78 is 40.1. The molecule has 9 heteroatoms. The van der Waals surface area contributed by atoms with Crippen molar-refractivity contribution in [2.45, 2.75) is 39.0 Å². The third-order valence-corrected chi connectivity index (χ3v) is 4.35. The first kappa shape index (κ1) is 18.2. The minimum atomic E-state index is -4.76. The van der Waals surface area contributed by atoms with Gasteiger partial charge in [0.2, 0.25) is 5.13 Å². The maximum absolute atomic E-state index is 12.1. The second-order valence-electron chi connectivity index (χ2n) is 4.99. The lowest BCUT2D eigenvalue weighted by Crippen LogP contribution is -2.17. The fourth-order valence-corrected chi connectivity index (χ4v) is 3.07. The molecule has 0 fully saturated rings. The number of carbonyl (C=O) groups excluding carboxylic acids is 1. The molecule has 1 amide bonds. The number of hydrogen-bond donors (Lipinski definition) is 1. The number of aromatic nitrogens is 2. The van der Waals surface area contributed by atoms with Gasteiger partial charge in [-0.3, -0.25) is 10.1 Å². The lowest BCUT2D eigenvalue weighted by molar-refractivity contribution is -0.274. The standard InChI is InChI=1S/C15H16F3N3O2S/c1-3-9(4-2)13-20-21-14(24-13)19-12(22)10-5-7-11(8-6-10)23-15(16,17)18/h5-9H,3-4H2,1-2H3,(H,19,21,22). The lowest BCUT2D eigenvalue weighted by Gasteiger charge is -2.09. The Hall–Kier alpha value is -2.16. The van der Waals surface area contributed by atoms with Crippen molar-refractivity contribution in [3.63, 3.8) is 0 Å². The van der Waals surface area contributed by atoms with Crippen molar-refractivity contribution in [3.05, 3.63) is 34.8 Å². The molecule has 0 aliphatic rings. The number of benzene rings is 1. The smallest absolute Gasteiger partial charge is 0.406 e. The van der Waals surface area contributed by atoms with Gasteiger partial charge in [0.15, 0.2) is 0 Å². The van der Waals surface area contributed by atoms with Crippen LogP contribution in [-0.4, -0.2) is 22.5 Å². The van der Waals surface area contributed by atoms with E-state index in [0.29, 0.717) is 11.0 Å². The van der Waals surface area contributed by atoms with E-state index >= 15 is 0 Å². The number of hydrogen-bond acceptors (Lipinski definition) is 5. The molecule has 0 unspecified atom stereocenters. The molecule has 24 heavy (non-hydrogen) atoms. The van der Waals surface area contributed by atoms with Crippen LogP contribution in [0.25, 0.3) is 0 Å². The summed E-state index contributed by atoms with van der Waals surface area (Å²) in [5.74, 6) is -0.557. The number of nitrogens with one attached hydrogen (secondary N) is 1. The molecule has 1 heterocycles. The maximum Gasteiger partial charge on any atom is 0.573 e. The highest BCUT2D eigenvalue weighted by Gasteiger charge is 2.31. The highest BCUT2D eigenvalue weighted by atomic mass is 32.1. The van der Waals surface area contributed by atoms with Crippen molar-refractivity contribution in [2.75, 3.05) is 5.32 Å². The van der Waals surface area contributed by atoms with E-state index in [2.05, 4.69) is 34.1 Å². The molecule has 0 saturated carbocycles. The van der Waals surface area contributed by atoms with Crippen LogP contribution in [-0.2, 0) is 0 Å². The van der Waals surface area contributed by atoms with Crippen LogP contribution >= 0.6 is 11.3 Å². The normalized spacial score (nSPS) is 11.6. The Bertz CT molecular complexity index is 682. The SMILES string of the molecule is CCC(CC)c1nnc(NC(=O)c2ccc(OC(F)(F)F)cc2)s1. The summed E-state index contributed by atoms with van der Waals surface area (Å²) in [6.07, 6.45) is -2.90. The number of alkyl halides is 3. The van der Waals surface area contributed by atoms with Crippen LogP contribution in [0.2, 0.25) is 0 Å². The van der Waals surface area contributed by atoms with E-state index in [9.17, 15) is 18.0 Å². The largest absolute Gasteiger partial charge is 0.573 e. The van der Waals surface area contributed by atoms with Gasteiger partial charge in [0.1, 0.15) is 10.8 Å². The number of carbonyl (C=O) groups is 1. The van der Waals surface area contributed by atoms with Gasteiger partial charge < -0.3 is 4.74 Å². The number of halogens is 3. The number of ether oxygens (including phenoxy) is 1. The van der Waals surface area contributed by atoms with Crippen molar-refractivity contribution in [1.29, 1.82) is 0 Å². The van der Waals surface area contributed by atoms with Gasteiger partial charge in [-0.25, -0.2) is 0 Å². The molecule has 5 nitrogen and oxygen atoms in total. The van der Waals surface area contributed by atoms with Crippen LogP contribution in [0.15, 0.2) is 24.3 Å². The van der Waals surface area contributed by atoms with Gasteiger partial charge >= 0.3 is 6.36 Å². The van der Waals surface area contributed by atoms with Crippen LogP contribution in [0, 0.1) is 0 Å². The maximum atomic E-state index is 12.1. The predicted molar refractivity (Wildman–Crippen MR) is 84.3 cm³/mol. The van der Waals surface area contributed by atoms with E-state index < -0.39 is 12.3 Å². The zero-order valence-electron chi connectivity index (χ0n) is 13.1. The van der Waals surface area contributed by atoms with Gasteiger partial charge in [-0.05, 0) is 37.1 Å². The monoisotopic (exact) mass is 359 g/mol. The van der Waals surface area contributed by atoms with E-state index in [0.717, 1.165) is 30.0 Å². The highest BCUT2D eigenvalue weighted by molar-refractivity contribution is 7.15. The second-order valence-corrected chi connectivity index (χ2v) is 5.99. The fourth-order valence-electron chi connectivity index (χ4n) is 2.07. The second kappa shape index (κ2) is 7.61. The third-order valence-electron chi connectivity index (χ3n) is 3.35. The highest BCUT2D eigenvalue weighted by Crippen LogP contribution is 2.28. The van der Waals surface area contributed by atoms with Crippen LogP contribution < -0.4 is 10.1 Å². The Balaban J connectivity index is 2.02. The first-order valence-electron chi connectivity index (χ1n) is 7.33. The average molecular weight is 359 g/mol. The van der Waals surface area contributed by atoms with Crippen LogP contribution in [0.4, 0.5) is 18.3 Å². The van der Waals surface area contributed by atoms with Gasteiger partial charge in [-0.1, -0.05) is 25.2 Å². The summed E-state index contributed by atoms with van der Waals surface area (Å²) in [6, 6.07) is 4.66. The number of anilines is 1. The van der Waals surface area contributed by atoms with Gasteiger partial charge in [-0.15, -0.1) is 23.4 Å². The third kappa shape index (κ3) is 4.92. The fraction of sp³-hybridized carbons (Fsp3) is 0.400. The van der Waals surface area contributed by atoms with E-state index in [4.69, 9.17) is 0 Å². The van der Waals surface area contributed by atoms with E-state index in [1.165, 1.54) is 23.5 Å². The van der Waals surface area contributed by atoms with E-state index in [1.54, 1.807) is 0 Å². The van der Waals surface area contributed by atoms with Gasteiger partial charge in [0.25, 0.3) is 5.91 Å². The van der Waals surface area contributed by atoms with Crippen LogP contribution in [0.5, 0.6) is 5.75 Å². The Morgan fingerprint density at radius 1 is 1.21 bits per heavy atom. The Morgan fingerprint density at radius 2 is 1.83 bits per heavy atom. The summed E-state index contributed by atoms with van der Waals surface area (Å²) in [4.78, 5) is 12.1. The molecule has 0 atom stereocenters. The van der Waals surface area contributed by atoms with Crippen molar-refractivity contribution in [3.8, 4) is 5.75 Å². The first-order valence-corrected chi connectivity index (χ1v) is 8.14. The summed E-state index contributed by atoms with van der Waals surface area (Å²) in [5, 5.41) is 11.8.